The van der Waals surface area contributed by atoms with E-state index in [-0.39, 0.29) is 5.91 Å². The zero-order valence-electron chi connectivity index (χ0n) is 10.9. The van der Waals surface area contributed by atoms with Gasteiger partial charge in [-0.3, -0.25) is 4.79 Å². The van der Waals surface area contributed by atoms with Crippen LogP contribution >= 0.6 is 11.3 Å². The van der Waals surface area contributed by atoms with Gasteiger partial charge in [0.15, 0.2) is 0 Å². The van der Waals surface area contributed by atoms with Crippen molar-refractivity contribution in [2.75, 3.05) is 13.1 Å². The lowest BCUT2D eigenvalue weighted by Gasteiger charge is -2.13. The van der Waals surface area contributed by atoms with Gasteiger partial charge in [0.2, 0.25) is 0 Å². The Hall–Kier alpha value is -0.830. The van der Waals surface area contributed by atoms with Crippen LogP contribution in [0.5, 0.6) is 0 Å². The summed E-state index contributed by atoms with van der Waals surface area (Å²) in [5.74, 6) is 0.282. The predicted molar refractivity (Wildman–Crippen MR) is 75.3 cm³/mol. The van der Waals surface area contributed by atoms with E-state index in [2.05, 4.69) is 6.07 Å². The fourth-order valence-electron chi connectivity index (χ4n) is 3.03. The number of carbonyl (C=O) groups is 1. The summed E-state index contributed by atoms with van der Waals surface area (Å²) in [6.07, 6.45) is 10.0. The van der Waals surface area contributed by atoms with Gasteiger partial charge in [0, 0.05) is 18.0 Å². The Morgan fingerprint density at radius 1 is 1.00 bits per heavy atom. The maximum atomic E-state index is 12.4. The summed E-state index contributed by atoms with van der Waals surface area (Å²) in [4.78, 5) is 16.9. The van der Waals surface area contributed by atoms with Gasteiger partial charge in [-0.25, -0.2) is 0 Å². The lowest BCUT2D eigenvalue weighted by atomic mass is 10.00. The van der Waals surface area contributed by atoms with Gasteiger partial charge in [-0.1, -0.05) is 12.8 Å². The highest BCUT2D eigenvalue weighted by Gasteiger charge is 2.22. The second-order valence-corrected chi connectivity index (χ2v) is 6.61. The number of carbonyl (C=O) groups excluding carboxylic acids is 1. The Balaban J connectivity index is 1.80. The molecular formula is C15H21NOS. The molecule has 0 atom stereocenters. The molecule has 2 aliphatic rings. The van der Waals surface area contributed by atoms with Crippen molar-refractivity contribution in [2.45, 2.75) is 51.4 Å². The number of thiophene rings is 1. The van der Waals surface area contributed by atoms with Crippen molar-refractivity contribution in [1.82, 2.24) is 4.90 Å². The molecule has 0 spiro atoms. The van der Waals surface area contributed by atoms with E-state index in [1.807, 2.05) is 4.90 Å². The molecule has 0 aromatic carbocycles. The lowest BCUT2D eigenvalue weighted by molar-refractivity contribution is 0.0797. The SMILES string of the molecule is O=C(c1cc2c(s1)CCCCCC2)N1CCCC1. The topological polar surface area (TPSA) is 20.3 Å². The van der Waals surface area contributed by atoms with Gasteiger partial charge in [0.25, 0.3) is 5.91 Å². The van der Waals surface area contributed by atoms with E-state index < -0.39 is 0 Å². The third kappa shape index (κ3) is 2.46. The van der Waals surface area contributed by atoms with Crippen LogP contribution in [0.3, 0.4) is 0 Å². The fraction of sp³-hybridized carbons (Fsp3) is 0.667. The molecule has 1 amide bonds. The molecular weight excluding hydrogens is 242 g/mol. The Labute approximate surface area is 113 Å². The van der Waals surface area contributed by atoms with E-state index in [1.54, 1.807) is 11.3 Å². The summed E-state index contributed by atoms with van der Waals surface area (Å²) in [5.41, 5.74) is 1.46. The van der Waals surface area contributed by atoms with Crippen molar-refractivity contribution in [2.24, 2.45) is 0 Å². The van der Waals surface area contributed by atoms with Gasteiger partial charge in [-0.15, -0.1) is 11.3 Å². The maximum absolute atomic E-state index is 12.4. The zero-order chi connectivity index (χ0) is 12.4. The highest BCUT2D eigenvalue weighted by atomic mass is 32.1. The standard InChI is InChI=1S/C15H21NOS/c17-15(16-9-5-6-10-16)14-11-12-7-3-1-2-4-8-13(12)18-14/h11H,1-10H2. The van der Waals surface area contributed by atoms with Crippen molar-refractivity contribution in [1.29, 1.82) is 0 Å². The van der Waals surface area contributed by atoms with Crippen molar-refractivity contribution < 1.29 is 4.79 Å². The molecule has 1 aliphatic heterocycles. The first-order valence-corrected chi connectivity index (χ1v) is 8.07. The van der Waals surface area contributed by atoms with Crippen LogP contribution in [0.2, 0.25) is 0 Å². The van der Waals surface area contributed by atoms with Crippen LogP contribution in [0.25, 0.3) is 0 Å². The van der Waals surface area contributed by atoms with E-state index >= 15 is 0 Å². The second kappa shape index (κ2) is 5.43. The average Bonchev–Trinajstić information content (AvgIpc) is 2.98. The number of hydrogen-bond acceptors (Lipinski definition) is 2. The van der Waals surface area contributed by atoms with Crippen molar-refractivity contribution in [3.05, 3.63) is 21.4 Å². The van der Waals surface area contributed by atoms with E-state index in [1.165, 1.54) is 61.8 Å². The number of likely N-dealkylation sites (tertiary alicyclic amines) is 1. The van der Waals surface area contributed by atoms with Gasteiger partial charge < -0.3 is 4.90 Å². The highest BCUT2D eigenvalue weighted by Crippen LogP contribution is 2.29. The fourth-order valence-corrected chi connectivity index (χ4v) is 4.25. The second-order valence-electron chi connectivity index (χ2n) is 5.47. The van der Waals surface area contributed by atoms with Gasteiger partial charge in [0.05, 0.1) is 4.88 Å². The number of amides is 1. The van der Waals surface area contributed by atoms with Crippen LogP contribution in [0.15, 0.2) is 6.07 Å². The van der Waals surface area contributed by atoms with Crippen LogP contribution in [-0.4, -0.2) is 23.9 Å². The summed E-state index contributed by atoms with van der Waals surface area (Å²) < 4.78 is 0. The van der Waals surface area contributed by atoms with Gasteiger partial charge in [-0.05, 0) is 50.2 Å². The smallest absolute Gasteiger partial charge is 0.263 e. The Morgan fingerprint density at radius 3 is 2.50 bits per heavy atom. The number of hydrogen-bond donors (Lipinski definition) is 0. The molecule has 0 bridgehead atoms. The molecule has 0 unspecified atom stereocenters. The van der Waals surface area contributed by atoms with Crippen LogP contribution in [0.1, 0.15) is 58.6 Å². The van der Waals surface area contributed by atoms with Gasteiger partial charge in [0.1, 0.15) is 0 Å². The van der Waals surface area contributed by atoms with Crippen LogP contribution in [0.4, 0.5) is 0 Å². The highest BCUT2D eigenvalue weighted by molar-refractivity contribution is 7.14. The molecule has 1 aromatic heterocycles. The monoisotopic (exact) mass is 263 g/mol. The number of fused-ring (bicyclic) bond motifs is 1. The van der Waals surface area contributed by atoms with Crippen LogP contribution in [-0.2, 0) is 12.8 Å². The number of aryl methyl sites for hydroxylation is 2. The lowest BCUT2D eigenvalue weighted by Crippen LogP contribution is -2.26. The Morgan fingerprint density at radius 2 is 1.72 bits per heavy atom. The van der Waals surface area contributed by atoms with E-state index in [0.29, 0.717) is 0 Å². The van der Waals surface area contributed by atoms with E-state index in [0.717, 1.165) is 18.0 Å². The summed E-state index contributed by atoms with van der Waals surface area (Å²) in [6, 6.07) is 2.19. The van der Waals surface area contributed by atoms with Crippen molar-refractivity contribution in [3.63, 3.8) is 0 Å². The predicted octanol–water partition coefficient (Wildman–Crippen LogP) is 3.64. The molecule has 3 rings (SSSR count). The number of rotatable bonds is 1. The molecule has 0 N–H and O–H groups in total. The molecule has 1 saturated heterocycles. The molecule has 1 aromatic rings. The minimum atomic E-state index is 0.282. The molecule has 2 nitrogen and oxygen atoms in total. The third-order valence-electron chi connectivity index (χ3n) is 4.10. The zero-order valence-corrected chi connectivity index (χ0v) is 11.7. The largest absolute Gasteiger partial charge is 0.338 e. The average molecular weight is 263 g/mol. The summed E-state index contributed by atoms with van der Waals surface area (Å²) in [6.45, 7) is 1.92. The minimum absolute atomic E-state index is 0.282. The molecule has 98 valence electrons. The molecule has 1 aliphatic carbocycles. The first-order valence-electron chi connectivity index (χ1n) is 7.25. The maximum Gasteiger partial charge on any atom is 0.263 e. The Bertz CT molecular complexity index is 406. The quantitative estimate of drug-likeness (QED) is 0.757. The molecule has 2 heterocycles. The first-order chi connectivity index (χ1) is 8.84. The summed E-state index contributed by atoms with van der Waals surface area (Å²) >= 11 is 1.76. The first kappa shape index (κ1) is 12.2. The van der Waals surface area contributed by atoms with Crippen molar-refractivity contribution in [3.8, 4) is 0 Å². The van der Waals surface area contributed by atoms with Crippen molar-refractivity contribution >= 4 is 17.2 Å². The Kier molecular flexibility index (Phi) is 3.69. The van der Waals surface area contributed by atoms with Crippen LogP contribution < -0.4 is 0 Å². The normalized spacial score (nSPS) is 20.3. The summed E-state index contributed by atoms with van der Waals surface area (Å²) in [7, 11) is 0. The molecule has 3 heteroatoms. The molecule has 1 fully saturated rings. The minimum Gasteiger partial charge on any atom is -0.338 e. The summed E-state index contributed by atoms with van der Waals surface area (Å²) in [5, 5.41) is 0. The number of nitrogens with zero attached hydrogens (tertiary/aromatic N) is 1. The van der Waals surface area contributed by atoms with Gasteiger partial charge >= 0.3 is 0 Å². The third-order valence-corrected chi connectivity index (χ3v) is 5.33. The van der Waals surface area contributed by atoms with Gasteiger partial charge in [-0.2, -0.15) is 0 Å². The molecule has 0 radical (unpaired) electrons. The van der Waals surface area contributed by atoms with Crippen LogP contribution in [0, 0.1) is 0 Å². The van der Waals surface area contributed by atoms with E-state index in [9.17, 15) is 4.79 Å². The molecule has 18 heavy (non-hydrogen) atoms. The molecule has 0 saturated carbocycles. The van der Waals surface area contributed by atoms with E-state index in [4.69, 9.17) is 0 Å².